The van der Waals surface area contributed by atoms with E-state index < -0.39 is 6.10 Å². The van der Waals surface area contributed by atoms with E-state index >= 15 is 0 Å². The van der Waals surface area contributed by atoms with Crippen molar-refractivity contribution in [3.63, 3.8) is 0 Å². The standard InChI is InChI=1S/C12H14N2O3/c13-10-3-4-11(17-7-8(16)6-15)9-2-1-5-14-12(9)10/h1-5,8,15-16H,6-7,13H2. The molecule has 1 unspecified atom stereocenters. The molecule has 0 saturated heterocycles. The molecule has 2 rings (SSSR count). The highest BCUT2D eigenvalue weighted by atomic mass is 16.5. The van der Waals surface area contributed by atoms with Crippen LogP contribution in [0.3, 0.4) is 0 Å². The lowest BCUT2D eigenvalue weighted by Crippen LogP contribution is -2.21. The van der Waals surface area contributed by atoms with Crippen LogP contribution in [0.2, 0.25) is 0 Å². The summed E-state index contributed by atoms with van der Waals surface area (Å²) in [6, 6.07) is 7.07. The number of anilines is 1. The SMILES string of the molecule is Nc1ccc(OCC(O)CO)c2cccnc12. The van der Waals surface area contributed by atoms with Gasteiger partial charge >= 0.3 is 0 Å². The summed E-state index contributed by atoms with van der Waals surface area (Å²) in [7, 11) is 0. The lowest BCUT2D eigenvalue weighted by molar-refractivity contribution is 0.0541. The van der Waals surface area contributed by atoms with E-state index in [4.69, 9.17) is 15.6 Å². The number of nitrogen functional groups attached to an aromatic ring is 1. The van der Waals surface area contributed by atoms with Gasteiger partial charge in [-0.15, -0.1) is 0 Å². The number of hydrogen-bond donors (Lipinski definition) is 3. The Hall–Kier alpha value is -1.85. The van der Waals surface area contributed by atoms with Gasteiger partial charge in [0.15, 0.2) is 0 Å². The van der Waals surface area contributed by atoms with Crippen molar-refractivity contribution in [2.24, 2.45) is 0 Å². The van der Waals surface area contributed by atoms with Gasteiger partial charge in [-0.05, 0) is 24.3 Å². The Balaban J connectivity index is 2.32. The fourth-order valence-electron chi connectivity index (χ4n) is 1.53. The summed E-state index contributed by atoms with van der Waals surface area (Å²) in [6.45, 7) is -0.296. The smallest absolute Gasteiger partial charge is 0.128 e. The van der Waals surface area contributed by atoms with Gasteiger partial charge in [-0.25, -0.2) is 0 Å². The zero-order valence-electron chi connectivity index (χ0n) is 9.21. The van der Waals surface area contributed by atoms with Gasteiger partial charge in [0.2, 0.25) is 0 Å². The summed E-state index contributed by atoms with van der Waals surface area (Å²) in [5.74, 6) is 0.592. The second kappa shape index (κ2) is 4.99. The quantitative estimate of drug-likeness (QED) is 0.672. The Kier molecular flexibility index (Phi) is 3.41. The summed E-state index contributed by atoms with van der Waals surface area (Å²) in [5.41, 5.74) is 7.05. The van der Waals surface area contributed by atoms with Crippen LogP contribution < -0.4 is 10.5 Å². The molecule has 4 N–H and O–H groups in total. The first-order valence-corrected chi connectivity index (χ1v) is 5.27. The molecule has 0 aliphatic carbocycles. The zero-order chi connectivity index (χ0) is 12.3. The second-order valence-electron chi connectivity index (χ2n) is 3.70. The van der Waals surface area contributed by atoms with Crippen LogP contribution in [-0.2, 0) is 0 Å². The van der Waals surface area contributed by atoms with E-state index in [0.717, 1.165) is 5.39 Å². The van der Waals surface area contributed by atoms with E-state index in [0.29, 0.717) is 17.0 Å². The van der Waals surface area contributed by atoms with Gasteiger partial charge in [-0.2, -0.15) is 0 Å². The van der Waals surface area contributed by atoms with E-state index in [1.165, 1.54) is 0 Å². The summed E-state index contributed by atoms with van der Waals surface area (Å²) >= 11 is 0. The van der Waals surface area contributed by atoms with Gasteiger partial charge in [0, 0.05) is 11.6 Å². The van der Waals surface area contributed by atoms with Crippen molar-refractivity contribution in [2.75, 3.05) is 18.9 Å². The van der Waals surface area contributed by atoms with Crippen LogP contribution in [0.15, 0.2) is 30.5 Å². The van der Waals surface area contributed by atoms with Gasteiger partial charge in [-0.1, -0.05) is 0 Å². The Bertz CT molecular complexity index is 516. The number of nitrogens with zero attached hydrogens (tertiary/aromatic N) is 1. The molecule has 90 valence electrons. The lowest BCUT2D eigenvalue weighted by Gasteiger charge is -2.12. The number of rotatable bonds is 4. The van der Waals surface area contributed by atoms with Crippen LogP contribution in [0.25, 0.3) is 10.9 Å². The molecule has 0 radical (unpaired) electrons. The van der Waals surface area contributed by atoms with Crippen LogP contribution >= 0.6 is 0 Å². The highest BCUT2D eigenvalue weighted by molar-refractivity contribution is 5.93. The predicted octanol–water partition coefficient (Wildman–Crippen LogP) is 0.549. The fraction of sp³-hybridized carbons (Fsp3) is 0.250. The molecule has 0 fully saturated rings. The molecule has 0 bridgehead atoms. The highest BCUT2D eigenvalue weighted by Gasteiger charge is 2.08. The molecule has 0 amide bonds. The average Bonchev–Trinajstić information content (AvgIpc) is 2.38. The lowest BCUT2D eigenvalue weighted by atomic mass is 10.2. The Morgan fingerprint density at radius 1 is 1.35 bits per heavy atom. The molecule has 2 aromatic rings. The molecule has 1 aromatic heterocycles. The highest BCUT2D eigenvalue weighted by Crippen LogP contribution is 2.28. The minimum atomic E-state index is -0.890. The third-order valence-corrected chi connectivity index (χ3v) is 2.40. The molecule has 0 aliphatic heterocycles. The molecular formula is C12H14N2O3. The predicted molar refractivity (Wildman–Crippen MR) is 64.7 cm³/mol. The maximum Gasteiger partial charge on any atom is 0.128 e. The van der Waals surface area contributed by atoms with Gasteiger partial charge < -0.3 is 20.7 Å². The number of ether oxygens (including phenoxy) is 1. The van der Waals surface area contributed by atoms with Crippen molar-refractivity contribution >= 4 is 16.6 Å². The minimum absolute atomic E-state index is 0.0322. The minimum Gasteiger partial charge on any atom is -0.490 e. The van der Waals surface area contributed by atoms with E-state index in [2.05, 4.69) is 4.98 Å². The first-order chi connectivity index (χ1) is 8.22. The van der Waals surface area contributed by atoms with Crippen LogP contribution in [0, 0.1) is 0 Å². The number of fused-ring (bicyclic) bond motifs is 1. The van der Waals surface area contributed by atoms with Gasteiger partial charge in [0.05, 0.1) is 17.8 Å². The number of aromatic nitrogens is 1. The Labute approximate surface area is 98.5 Å². The largest absolute Gasteiger partial charge is 0.490 e. The van der Waals surface area contributed by atoms with Crippen LogP contribution in [0.5, 0.6) is 5.75 Å². The molecular weight excluding hydrogens is 220 g/mol. The number of hydrogen-bond acceptors (Lipinski definition) is 5. The van der Waals surface area contributed by atoms with Crippen molar-refractivity contribution in [2.45, 2.75) is 6.10 Å². The molecule has 0 saturated carbocycles. The number of nitrogens with two attached hydrogens (primary N) is 1. The Morgan fingerprint density at radius 3 is 2.94 bits per heavy atom. The topological polar surface area (TPSA) is 88.6 Å². The molecule has 0 spiro atoms. The number of pyridine rings is 1. The first kappa shape index (κ1) is 11.6. The van der Waals surface area contributed by atoms with Crippen molar-refractivity contribution in [3.05, 3.63) is 30.5 Å². The number of aliphatic hydroxyl groups is 2. The molecule has 0 aliphatic rings. The molecule has 1 aromatic carbocycles. The molecule has 1 heterocycles. The molecule has 5 heteroatoms. The first-order valence-electron chi connectivity index (χ1n) is 5.27. The van der Waals surface area contributed by atoms with E-state index in [9.17, 15) is 5.11 Å². The maximum absolute atomic E-state index is 9.23. The zero-order valence-corrected chi connectivity index (χ0v) is 9.21. The van der Waals surface area contributed by atoms with Crippen LogP contribution in [-0.4, -0.2) is 34.5 Å². The Morgan fingerprint density at radius 2 is 2.18 bits per heavy atom. The maximum atomic E-state index is 9.23. The third-order valence-electron chi connectivity index (χ3n) is 2.40. The van der Waals surface area contributed by atoms with Gasteiger partial charge in [0.25, 0.3) is 0 Å². The van der Waals surface area contributed by atoms with Gasteiger partial charge in [0.1, 0.15) is 18.5 Å². The van der Waals surface area contributed by atoms with Crippen LogP contribution in [0.1, 0.15) is 0 Å². The summed E-state index contributed by atoms with van der Waals surface area (Å²) in [6.07, 6.45) is 0.768. The van der Waals surface area contributed by atoms with Crippen molar-refractivity contribution in [3.8, 4) is 5.75 Å². The monoisotopic (exact) mass is 234 g/mol. The molecule has 5 nitrogen and oxygen atoms in total. The van der Waals surface area contributed by atoms with Crippen molar-refractivity contribution < 1.29 is 14.9 Å². The average molecular weight is 234 g/mol. The number of benzene rings is 1. The second-order valence-corrected chi connectivity index (χ2v) is 3.70. The molecule has 1 atom stereocenters. The third kappa shape index (κ3) is 2.46. The fourth-order valence-corrected chi connectivity index (χ4v) is 1.53. The van der Waals surface area contributed by atoms with E-state index in [1.807, 2.05) is 6.07 Å². The van der Waals surface area contributed by atoms with Crippen LogP contribution in [0.4, 0.5) is 5.69 Å². The summed E-state index contributed by atoms with van der Waals surface area (Å²) in [5, 5.41) is 18.7. The van der Waals surface area contributed by atoms with E-state index in [1.54, 1.807) is 24.4 Å². The normalized spacial score (nSPS) is 12.6. The van der Waals surface area contributed by atoms with Crippen molar-refractivity contribution in [1.82, 2.24) is 4.98 Å². The summed E-state index contributed by atoms with van der Waals surface area (Å²) < 4.78 is 5.42. The molecule has 17 heavy (non-hydrogen) atoms. The summed E-state index contributed by atoms with van der Waals surface area (Å²) in [4.78, 5) is 4.17. The van der Waals surface area contributed by atoms with E-state index in [-0.39, 0.29) is 13.2 Å². The van der Waals surface area contributed by atoms with Gasteiger partial charge in [-0.3, -0.25) is 4.98 Å². The number of aliphatic hydroxyl groups excluding tert-OH is 2. The van der Waals surface area contributed by atoms with Crippen molar-refractivity contribution in [1.29, 1.82) is 0 Å².